The Kier molecular flexibility index (Phi) is 2.89. The second-order valence-electron chi connectivity index (χ2n) is 5.07. The Labute approximate surface area is 114 Å². The van der Waals surface area contributed by atoms with E-state index in [2.05, 4.69) is 15.0 Å². The molecule has 1 saturated carbocycles. The molecule has 1 fully saturated rings. The van der Waals surface area contributed by atoms with Crippen molar-refractivity contribution < 1.29 is 14.4 Å². The van der Waals surface area contributed by atoms with Crippen molar-refractivity contribution in [2.45, 2.75) is 19.4 Å². The number of fused-ring (bicyclic) bond motifs is 1. The summed E-state index contributed by atoms with van der Waals surface area (Å²) in [5.74, 6) is 1.30. The summed E-state index contributed by atoms with van der Waals surface area (Å²) in [4.78, 5) is 30.0. The zero-order valence-corrected chi connectivity index (χ0v) is 11.4. The van der Waals surface area contributed by atoms with E-state index in [4.69, 9.17) is 15.5 Å². The van der Waals surface area contributed by atoms with Crippen LogP contribution >= 0.6 is 7.60 Å². The number of hydrogen-bond acceptors (Lipinski definition) is 5. The predicted octanol–water partition coefficient (Wildman–Crippen LogP) is 0.880. The average molecular weight is 295 g/mol. The number of nitrogens with zero attached hydrogens (tertiary/aromatic N) is 4. The first-order chi connectivity index (χ1) is 9.39. The van der Waals surface area contributed by atoms with Gasteiger partial charge in [0.15, 0.2) is 11.5 Å². The summed E-state index contributed by atoms with van der Waals surface area (Å²) in [7, 11) is -4.12. The van der Waals surface area contributed by atoms with Crippen molar-refractivity contribution in [1.82, 2.24) is 19.5 Å². The fourth-order valence-electron chi connectivity index (χ4n) is 2.15. The van der Waals surface area contributed by atoms with Crippen LogP contribution in [0, 0.1) is 5.41 Å². The molecule has 0 saturated heterocycles. The molecule has 106 valence electrons. The molecule has 8 nitrogen and oxygen atoms in total. The van der Waals surface area contributed by atoms with Gasteiger partial charge in [0.25, 0.3) is 0 Å². The van der Waals surface area contributed by atoms with Crippen molar-refractivity contribution in [3.05, 3.63) is 24.5 Å². The fraction of sp³-hybridized carbons (Fsp3) is 0.364. The summed E-state index contributed by atoms with van der Waals surface area (Å²) in [6, 6.07) is 0. The molecule has 0 radical (unpaired) electrons. The molecule has 0 unspecified atom stereocenters. The third-order valence-electron chi connectivity index (χ3n) is 3.43. The Bertz CT molecular complexity index is 731. The van der Waals surface area contributed by atoms with E-state index < -0.39 is 7.60 Å². The van der Waals surface area contributed by atoms with E-state index in [-0.39, 0.29) is 5.41 Å². The van der Waals surface area contributed by atoms with Crippen molar-refractivity contribution in [1.29, 1.82) is 0 Å². The molecule has 0 amide bonds. The highest BCUT2D eigenvalue weighted by Gasteiger charge is 2.41. The molecule has 3 rings (SSSR count). The Hall–Kier alpha value is -1.76. The number of nitrogen functional groups attached to an aromatic ring is 1. The largest absolute Gasteiger partial charge is 0.382 e. The molecular formula is C11H14N5O3P. The lowest BCUT2D eigenvalue weighted by Crippen LogP contribution is -2.09. The van der Waals surface area contributed by atoms with Crippen LogP contribution in [0.2, 0.25) is 0 Å². The van der Waals surface area contributed by atoms with E-state index in [0.29, 0.717) is 23.5 Å². The maximum Gasteiger partial charge on any atom is 0.348 e. The molecule has 2 heterocycles. The van der Waals surface area contributed by atoms with Gasteiger partial charge >= 0.3 is 7.60 Å². The number of allylic oxidation sites excluding steroid dienone is 1. The highest BCUT2D eigenvalue weighted by atomic mass is 31.2. The van der Waals surface area contributed by atoms with Crippen LogP contribution in [-0.4, -0.2) is 29.3 Å². The van der Waals surface area contributed by atoms with Gasteiger partial charge in [-0.25, -0.2) is 15.0 Å². The third kappa shape index (κ3) is 2.58. The molecule has 4 N–H and O–H groups in total. The molecule has 9 heteroatoms. The first kappa shape index (κ1) is 13.2. The van der Waals surface area contributed by atoms with Crippen LogP contribution in [0.3, 0.4) is 0 Å². The maximum absolute atomic E-state index is 10.9. The van der Waals surface area contributed by atoms with Gasteiger partial charge in [0, 0.05) is 17.8 Å². The van der Waals surface area contributed by atoms with Crippen LogP contribution in [0.15, 0.2) is 24.5 Å². The van der Waals surface area contributed by atoms with Crippen LogP contribution in [0.25, 0.3) is 11.2 Å². The Morgan fingerprint density at radius 1 is 1.40 bits per heavy atom. The van der Waals surface area contributed by atoms with Crippen molar-refractivity contribution in [2.75, 3.05) is 5.73 Å². The molecule has 0 aliphatic heterocycles. The Morgan fingerprint density at radius 3 is 2.80 bits per heavy atom. The van der Waals surface area contributed by atoms with Crippen LogP contribution in [0.4, 0.5) is 5.82 Å². The monoisotopic (exact) mass is 295 g/mol. The van der Waals surface area contributed by atoms with E-state index in [0.717, 1.165) is 18.7 Å². The van der Waals surface area contributed by atoms with Crippen molar-refractivity contribution in [2.24, 2.45) is 5.41 Å². The van der Waals surface area contributed by atoms with Gasteiger partial charge in [-0.05, 0) is 12.8 Å². The zero-order chi connectivity index (χ0) is 14.4. The van der Waals surface area contributed by atoms with Crippen molar-refractivity contribution in [3.8, 4) is 0 Å². The SMILES string of the molecule is Nc1ncnc2c1ncn2CC1(C=CP(=O)(O)O)CC1. The number of nitrogens with two attached hydrogens (primary N) is 1. The highest BCUT2D eigenvalue weighted by molar-refractivity contribution is 7.55. The van der Waals surface area contributed by atoms with Gasteiger partial charge in [0.2, 0.25) is 0 Å². The van der Waals surface area contributed by atoms with E-state index in [1.165, 1.54) is 6.33 Å². The topological polar surface area (TPSA) is 127 Å². The second-order valence-corrected chi connectivity index (χ2v) is 6.55. The normalized spacial score (nSPS) is 17.9. The summed E-state index contributed by atoms with van der Waals surface area (Å²) in [6.07, 6.45) is 6.36. The van der Waals surface area contributed by atoms with Gasteiger partial charge in [-0.2, -0.15) is 0 Å². The van der Waals surface area contributed by atoms with Gasteiger partial charge in [0.1, 0.15) is 11.8 Å². The average Bonchev–Trinajstić information content (AvgIpc) is 3.01. The lowest BCUT2D eigenvalue weighted by molar-refractivity contribution is 0.385. The summed E-state index contributed by atoms with van der Waals surface area (Å²) in [6.45, 7) is 0.566. The Balaban J connectivity index is 1.89. The minimum absolute atomic E-state index is 0.228. The first-order valence-corrected chi connectivity index (χ1v) is 7.74. The number of aromatic nitrogens is 4. The van der Waals surface area contributed by atoms with Crippen LogP contribution in [-0.2, 0) is 11.1 Å². The number of hydrogen-bond donors (Lipinski definition) is 3. The maximum atomic E-state index is 10.9. The quantitative estimate of drug-likeness (QED) is 0.714. The first-order valence-electron chi connectivity index (χ1n) is 6.06. The van der Waals surface area contributed by atoms with E-state index in [1.54, 1.807) is 12.4 Å². The fourth-order valence-corrected chi connectivity index (χ4v) is 2.66. The predicted molar refractivity (Wildman–Crippen MR) is 72.6 cm³/mol. The van der Waals surface area contributed by atoms with Gasteiger partial charge in [-0.1, -0.05) is 6.08 Å². The lowest BCUT2D eigenvalue weighted by Gasteiger charge is -2.11. The van der Waals surface area contributed by atoms with E-state index in [1.807, 2.05) is 4.57 Å². The minimum Gasteiger partial charge on any atom is -0.382 e. The standard InChI is InChI=1S/C11H14N5O3P/c12-9-8-10(14-6-13-9)16(7-15-8)5-11(1-2-11)3-4-20(17,18)19/h3-4,6-7H,1-2,5H2,(H2,12,13,14)(H2,17,18,19). The smallest absolute Gasteiger partial charge is 0.348 e. The minimum atomic E-state index is -4.12. The molecule has 0 bridgehead atoms. The molecule has 2 aromatic rings. The van der Waals surface area contributed by atoms with Gasteiger partial charge in [0.05, 0.1) is 6.33 Å². The summed E-state index contributed by atoms with van der Waals surface area (Å²) >= 11 is 0. The molecular weight excluding hydrogens is 281 g/mol. The summed E-state index contributed by atoms with van der Waals surface area (Å²) in [5.41, 5.74) is 6.67. The molecule has 20 heavy (non-hydrogen) atoms. The molecule has 0 spiro atoms. The molecule has 0 aromatic carbocycles. The van der Waals surface area contributed by atoms with Crippen molar-refractivity contribution >= 4 is 24.6 Å². The summed E-state index contributed by atoms with van der Waals surface area (Å²) < 4.78 is 12.8. The van der Waals surface area contributed by atoms with E-state index >= 15 is 0 Å². The number of anilines is 1. The van der Waals surface area contributed by atoms with Gasteiger partial charge in [-0.15, -0.1) is 0 Å². The molecule has 1 aliphatic rings. The zero-order valence-electron chi connectivity index (χ0n) is 10.5. The van der Waals surface area contributed by atoms with Crippen LogP contribution in [0.5, 0.6) is 0 Å². The van der Waals surface area contributed by atoms with Crippen LogP contribution in [0.1, 0.15) is 12.8 Å². The summed E-state index contributed by atoms with van der Waals surface area (Å²) in [5, 5.41) is 0. The second kappa shape index (κ2) is 4.37. The molecule has 2 aromatic heterocycles. The van der Waals surface area contributed by atoms with Gasteiger partial charge in [-0.3, -0.25) is 4.57 Å². The van der Waals surface area contributed by atoms with Gasteiger partial charge < -0.3 is 20.1 Å². The van der Waals surface area contributed by atoms with Crippen molar-refractivity contribution in [3.63, 3.8) is 0 Å². The molecule has 1 aliphatic carbocycles. The molecule has 0 atom stereocenters. The number of rotatable bonds is 4. The number of imidazole rings is 1. The van der Waals surface area contributed by atoms with Crippen LogP contribution < -0.4 is 5.73 Å². The van der Waals surface area contributed by atoms with E-state index in [9.17, 15) is 4.57 Å². The lowest BCUT2D eigenvalue weighted by atomic mass is 10.1. The highest BCUT2D eigenvalue weighted by Crippen LogP contribution is 2.51. The Morgan fingerprint density at radius 2 is 2.15 bits per heavy atom. The third-order valence-corrected chi connectivity index (χ3v) is 3.97.